The monoisotopic (exact) mass is 258 g/mol. The summed E-state index contributed by atoms with van der Waals surface area (Å²) in [5.41, 5.74) is 1.06. The molecule has 0 radical (unpaired) electrons. The van der Waals surface area contributed by atoms with E-state index in [0.29, 0.717) is 11.3 Å². The Morgan fingerprint density at radius 3 is 2.31 bits per heavy atom. The summed E-state index contributed by atoms with van der Waals surface area (Å²) >= 11 is 6.06. The maximum absolute atomic E-state index is 12.3. The van der Waals surface area contributed by atoms with Crippen molar-refractivity contribution in [2.45, 2.75) is 41.7 Å². The minimum atomic E-state index is -3.24. The number of rotatable bonds is 2. The highest BCUT2D eigenvalue weighted by Crippen LogP contribution is 2.33. The fraction of sp³-hybridized carbons (Fsp3) is 0.500. The van der Waals surface area contributed by atoms with Gasteiger partial charge in [0.1, 0.15) is 0 Å². The zero-order chi connectivity index (χ0) is 11.8. The van der Waals surface area contributed by atoms with E-state index >= 15 is 0 Å². The molecule has 1 saturated carbocycles. The van der Waals surface area contributed by atoms with Crippen LogP contribution in [0.1, 0.15) is 24.8 Å². The first-order valence-electron chi connectivity index (χ1n) is 5.46. The first-order chi connectivity index (χ1) is 7.51. The number of hydrogen-bond donors (Lipinski definition) is 0. The summed E-state index contributed by atoms with van der Waals surface area (Å²) in [4.78, 5) is 0.399. The molecule has 2 nitrogen and oxygen atoms in total. The van der Waals surface area contributed by atoms with Crippen molar-refractivity contribution in [1.29, 1.82) is 0 Å². The lowest BCUT2D eigenvalue weighted by Crippen LogP contribution is -2.25. The molecule has 0 bridgehead atoms. The van der Waals surface area contributed by atoms with Gasteiger partial charge in [0.05, 0.1) is 15.5 Å². The Balaban J connectivity index is 2.35. The van der Waals surface area contributed by atoms with Gasteiger partial charge in [0.2, 0.25) is 0 Å². The van der Waals surface area contributed by atoms with Crippen molar-refractivity contribution in [2.24, 2.45) is 0 Å². The molecule has 4 heteroatoms. The van der Waals surface area contributed by atoms with Gasteiger partial charge < -0.3 is 0 Å². The van der Waals surface area contributed by atoms with Crippen molar-refractivity contribution in [3.8, 4) is 0 Å². The summed E-state index contributed by atoms with van der Waals surface area (Å²) in [5.74, 6) is 0. The summed E-state index contributed by atoms with van der Waals surface area (Å²) in [7, 11) is -3.24. The molecule has 2 rings (SSSR count). The van der Waals surface area contributed by atoms with Crippen molar-refractivity contribution in [3.05, 3.63) is 29.8 Å². The molecule has 1 aromatic rings. The predicted octanol–water partition coefficient (Wildman–Crippen LogP) is 2.93. The van der Waals surface area contributed by atoms with Gasteiger partial charge in [-0.15, -0.1) is 11.6 Å². The Kier molecular flexibility index (Phi) is 3.27. The van der Waals surface area contributed by atoms with Crippen LogP contribution in [-0.4, -0.2) is 19.0 Å². The highest BCUT2D eigenvalue weighted by atomic mass is 35.5. The smallest absolute Gasteiger partial charge is 0.182 e. The lowest BCUT2D eigenvalue weighted by molar-refractivity contribution is 0.580. The van der Waals surface area contributed by atoms with Gasteiger partial charge in [-0.1, -0.05) is 24.1 Å². The molecule has 88 valence electrons. The number of halogens is 1. The fourth-order valence-electron chi connectivity index (χ4n) is 2.13. The van der Waals surface area contributed by atoms with E-state index in [4.69, 9.17) is 11.6 Å². The largest absolute Gasteiger partial charge is 0.223 e. The third kappa shape index (κ3) is 2.11. The molecule has 0 N–H and O–H groups in total. The molecule has 0 unspecified atom stereocenters. The van der Waals surface area contributed by atoms with E-state index in [1.165, 1.54) is 0 Å². The normalized spacial score (nSPS) is 25.9. The molecule has 1 aromatic carbocycles. The number of alkyl halides is 1. The second kappa shape index (κ2) is 4.38. The fourth-order valence-corrected chi connectivity index (χ4v) is 4.69. The van der Waals surface area contributed by atoms with Crippen LogP contribution >= 0.6 is 11.6 Å². The van der Waals surface area contributed by atoms with E-state index < -0.39 is 15.1 Å². The summed E-state index contributed by atoms with van der Waals surface area (Å²) in [5, 5.41) is -0.636. The minimum Gasteiger partial charge on any atom is -0.223 e. The predicted molar refractivity (Wildman–Crippen MR) is 65.6 cm³/mol. The highest BCUT2D eigenvalue weighted by Gasteiger charge is 2.37. The first-order valence-corrected chi connectivity index (χ1v) is 7.45. The number of aryl methyl sites for hydroxylation is 1. The van der Waals surface area contributed by atoms with Crippen molar-refractivity contribution < 1.29 is 8.42 Å². The quantitative estimate of drug-likeness (QED) is 0.765. The second-order valence-electron chi connectivity index (χ2n) is 4.34. The maximum atomic E-state index is 12.3. The maximum Gasteiger partial charge on any atom is 0.182 e. The molecule has 0 saturated heterocycles. The Hall–Kier alpha value is -0.540. The van der Waals surface area contributed by atoms with Crippen LogP contribution in [0, 0.1) is 6.92 Å². The van der Waals surface area contributed by atoms with Gasteiger partial charge in [0.15, 0.2) is 9.84 Å². The SMILES string of the molecule is Cc1ccc(S(=O)(=O)[C@@H]2CCC[C@@H]2Cl)cc1. The summed E-state index contributed by atoms with van der Waals surface area (Å²) in [6.07, 6.45) is 2.39. The minimum absolute atomic E-state index is 0.230. The third-order valence-electron chi connectivity index (χ3n) is 3.12. The standard InChI is InChI=1S/C12H15ClO2S/c1-9-5-7-10(8-6-9)16(14,15)12-4-2-3-11(12)13/h5-8,11-12H,2-4H2,1H3/t11-,12+/m0/s1. The van der Waals surface area contributed by atoms with Crippen molar-refractivity contribution >= 4 is 21.4 Å². The lowest BCUT2D eigenvalue weighted by atomic mass is 10.2. The summed E-state index contributed by atoms with van der Waals surface area (Å²) < 4.78 is 24.5. The average Bonchev–Trinajstić information content (AvgIpc) is 2.66. The van der Waals surface area contributed by atoms with Crippen LogP contribution in [0.4, 0.5) is 0 Å². The zero-order valence-corrected chi connectivity index (χ0v) is 10.8. The third-order valence-corrected chi connectivity index (χ3v) is 6.08. The number of benzene rings is 1. The van der Waals surface area contributed by atoms with Crippen LogP contribution in [0.5, 0.6) is 0 Å². The molecular weight excluding hydrogens is 244 g/mol. The summed E-state index contributed by atoms with van der Waals surface area (Å²) in [6.45, 7) is 1.94. The molecule has 0 amide bonds. The molecule has 1 fully saturated rings. The lowest BCUT2D eigenvalue weighted by Gasteiger charge is -2.14. The van der Waals surface area contributed by atoms with Crippen LogP contribution in [0.3, 0.4) is 0 Å². The van der Waals surface area contributed by atoms with Gasteiger partial charge in [-0.2, -0.15) is 0 Å². The van der Waals surface area contributed by atoms with E-state index in [0.717, 1.165) is 18.4 Å². The second-order valence-corrected chi connectivity index (χ2v) is 7.07. The van der Waals surface area contributed by atoms with Gasteiger partial charge >= 0.3 is 0 Å². The van der Waals surface area contributed by atoms with Gasteiger partial charge in [-0.25, -0.2) is 8.42 Å². The van der Waals surface area contributed by atoms with Gasteiger partial charge in [-0.3, -0.25) is 0 Å². The molecule has 16 heavy (non-hydrogen) atoms. The first kappa shape index (κ1) is 11.9. The van der Waals surface area contributed by atoms with E-state index in [2.05, 4.69) is 0 Å². The number of hydrogen-bond acceptors (Lipinski definition) is 2. The molecule has 0 aliphatic heterocycles. The highest BCUT2D eigenvalue weighted by molar-refractivity contribution is 7.92. The van der Waals surface area contributed by atoms with Gasteiger partial charge in [0, 0.05) is 0 Å². The van der Waals surface area contributed by atoms with E-state index in [9.17, 15) is 8.42 Å². The Bertz CT molecular complexity index is 464. The number of sulfone groups is 1. The van der Waals surface area contributed by atoms with Crippen LogP contribution < -0.4 is 0 Å². The zero-order valence-electron chi connectivity index (χ0n) is 9.19. The van der Waals surface area contributed by atoms with E-state index in [1.54, 1.807) is 12.1 Å². The van der Waals surface area contributed by atoms with Crippen molar-refractivity contribution in [2.75, 3.05) is 0 Å². The molecular formula is C12H15ClO2S. The molecule has 0 heterocycles. The van der Waals surface area contributed by atoms with Crippen molar-refractivity contribution in [3.63, 3.8) is 0 Å². The molecule has 0 aromatic heterocycles. The Labute approximate surface area is 102 Å². The summed E-state index contributed by atoms with van der Waals surface area (Å²) in [6, 6.07) is 7.00. The van der Waals surface area contributed by atoms with Gasteiger partial charge in [0.25, 0.3) is 0 Å². The molecule has 1 aliphatic rings. The average molecular weight is 259 g/mol. The Morgan fingerprint density at radius 2 is 1.81 bits per heavy atom. The van der Waals surface area contributed by atoms with Crippen LogP contribution in [-0.2, 0) is 9.84 Å². The van der Waals surface area contributed by atoms with Crippen molar-refractivity contribution in [1.82, 2.24) is 0 Å². The van der Waals surface area contributed by atoms with E-state index in [-0.39, 0.29) is 5.38 Å². The van der Waals surface area contributed by atoms with Crippen LogP contribution in [0.2, 0.25) is 0 Å². The van der Waals surface area contributed by atoms with E-state index in [1.807, 2.05) is 19.1 Å². The van der Waals surface area contributed by atoms with Gasteiger partial charge in [-0.05, 0) is 31.9 Å². The molecule has 0 spiro atoms. The van der Waals surface area contributed by atoms with Crippen LogP contribution in [0.25, 0.3) is 0 Å². The van der Waals surface area contributed by atoms with Crippen LogP contribution in [0.15, 0.2) is 29.2 Å². The molecule has 1 aliphatic carbocycles. The topological polar surface area (TPSA) is 34.1 Å². The Morgan fingerprint density at radius 1 is 1.19 bits per heavy atom. The molecule has 2 atom stereocenters.